The van der Waals surface area contributed by atoms with Gasteiger partial charge in [-0.3, -0.25) is 14.6 Å². The van der Waals surface area contributed by atoms with Gasteiger partial charge in [-0.1, -0.05) is 23.2 Å². The molecule has 0 fully saturated rings. The van der Waals surface area contributed by atoms with Crippen LogP contribution in [0, 0.1) is 13.8 Å². The molecule has 3 aromatic heterocycles. The number of furan rings is 1. The number of nitrogens with zero attached hydrogens (tertiary/aromatic N) is 3. The van der Waals surface area contributed by atoms with Gasteiger partial charge in [0.1, 0.15) is 17.3 Å². The van der Waals surface area contributed by atoms with Gasteiger partial charge in [-0.25, -0.2) is 4.98 Å². The normalized spacial score (nSPS) is 10.9. The summed E-state index contributed by atoms with van der Waals surface area (Å²) in [6.45, 7) is 3.07. The van der Waals surface area contributed by atoms with Gasteiger partial charge in [-0.05, 0) is 44.2 Å². The first-order valence-corrected chi connectivity index (χ1v) is 10.2. The molecule has 0 aliphatic rings. The Bertz CT molecular complexity index is 1340. The Morgan fingerprint density at radius 1 is 1.25 bits per heavy atom. The smallest absolute Gasteiger partial charge is 0.263 e. The highest BCUT2D eigenvalue weighted by molar-refractivity contribution is 6.35. The predicted molar refractivity (Wildman–Crippen MR) is 120 cm³/mol. The van der Waals surface area contributed by atoms with E-state index in [1.807, 2.05) is 0 Å². The molecule has 0 aliphatic carbocycles. The average molecular weight is 474 g/mol. The molecule has 1 aromatic carbocycles. The summed E-state index contributed by atoms with van der Waals surface area (Å²) in [4.78, 5) is 31.9. The number of H-pyrrole nitrogens is 1. The van der Waals surface area contributed by atoms with E-state index in [1.54, 1.807) is 44.2 Å². The predicted octanol–water partition coefficient (Wildman–Crippen LogP) is 4.16. The van der Waals surface area contributed by atoms with E-state index in [2.05, 4.69) is 20.4 Å². The number of hydrogen-bond acceptors (Lipinski definition) is 6. The Labute approximate surface area is 191 Å². The number of aryl methyl sites for hydroxylation is 1. The molecule has 1 amide bonds. The lowest BCUT2D eigenvalue weighted by atomic mass is 10.3. The molecule has 0 saturated carbocycles. The Morgan fingerprint density at radius 3 is 2.75 bits per heavy atom. The van der Waals surface area contributed by atoms with Crippen molar-refractivity contribution in [2.75, 3.05) is 11.9 Å². The average Bonchev–Trinajstić information content (AvgIpc) is 3.41. The van der Waals surface area contributed by atoms with Crippen molar-refractivity contribution in [2.45, 2.75) is 13.8 Å². The molecule has 32 heavy (non-hydrogen) atoms. The lowest BCUT2D eigenvalue weighted by molar-refractivity contribution is -0.118. The molecule has 3 heterocycles. The van der Waals surface area contributed by atoms with Crippen molar-refractivity contribution in [1.82, 2.24) is 19.7 Å². The maximum Gasteiger partial charge on any atom is 0.263 e. The molecule has 0 radical (unpaired) electrons. The van der Waals surface area contributed by atoms with Crippen molar-refractivity contribution in [3.05, 3.63) is 74.3 Å². The SMILES string of the molecule is Cc1nc(-n2nc(-c3ccco3)cc2NC(=O)COc2ccc(Cl)cc2Cl)[nH]c(=O)c1C. The Morgan fingerprint density at radius 2 is 2.06 bits per heavy atom. The minimum Gasteiger partial charge on any atom is -0.482 e. The summed E-state index contributed by atoms with van der Waals surface area (Å²) in [6.07, 6.45) is 1.51. The van der Waals surface area contributed by atoms with Crippen LogP contribution in [-0.4, -0.2) is 32.3 Å². The van der Waals surface area contributed by atoms with Gasteiger partial charge in [0.15, 0.2) is 12.4 Å². The van der Waals surface area contributed by atoms with Gasteiger partial charge in [0.2, 0.25) is 5.95 Å². The highest BCUT2D eigenvalue weighted by Crippen LogP contribution is 2.28. The van der Waals surface area contributed by atoms with Crippen molar-refractivity contribution in [3.63, 3.8) is 0 Å². The number of hydrogen-bond donors (Lipinski definition) is 2. The number of rotatable bonds is 6. The van der Waals surface area contributed by atoms with Crippen molar-refractivity contribution in [2.24, 2.45) is 0 Å². The third-order valence-electron chi connectivity index (χ3n) is 4.59. The molecule has 164 valence electrons. The summed E-state index contributed by atoms with van der Waals surface area (Å²) in [5.74, 6) is 0.728. The maximum absolute atomic E-state index is 12.6. The molecule has 0 aliphatic heterocycles. The lowest BCUT2D eigenvalue weighted by Crippen LogP contribution is -2.23. The van der Waals surface area contributed by atoms with Gasteiger partial charge in [0, 0.05) is 22.3 Å². The van der Waals surface area contributed by atoms with Crippen molar-refractivity contribution < 1.29 is 13.9 Å². The van der Waals surface area contributed by atoms with Gasteiger partial charge in [-0.2, -0.15) is 9.78 Å². The minimum atomic E-state index is -0.477. The third-order valence-corrected chi connectivity index (χ3v) is 5.12. The first-order valence-electron chi connectivity index (χ1n) is 9.41. The second-order valence-electron chi connectivity index (χ2n) is 6.82. The van der Waals surface area contributed by atoms with Crippen LogP contribution >= 0.6 is 23.2 Å². The van der Waals surface area contributed by atoms with Crippen molar-refractivity contribution in [1.29, 1.82) is 0 Å². The van der Waals surface area contributed by atoms with Crippen molar-refractivity contribution >= 4 is 34.9 Å². The molecule has 0 bridgehead atoms. The van der Waals surface area contributed by atoms with Crippen LogP contribution in [0.2, 0.25) is 10.0 Å². The Kier molecular flexibility index (Phi) is 6.02. The number of benzene rings is 1. The summed E-state index contributed by atoms with van der Waals surface area (Å²) < 4.78 is 12.2. The molecule has 0 saturated heterocycles. The molecular weight excluding hydrogens is 457 g/mol. The second-order valence-corrected chi connectivity index (χ2v) is 7.66. The summed E-state index contributed by atoms with van der Waals surface area (Å²) in [6, 6.07) is 9.73. The molecule has 11 heteroatoms. The van der Waals surface area contributed by atoms with E-state index < -0.39 is 5.91 Å². The fraction of sp³-hybridized carbons (Fsp3) is 0.143. The van der Waals surface area contributed by atoms with Gasteiger partial charge in [0.05, 0.1) is 11.3 Å². The lowest BCUT2D eigenvalue weighted by Gasteiger charge is -2.10. The van der Waals surface area contributed by atoms with E-state index in [9.17, 15) is 9.59 Å². The summed E-state index contributed by atoms with van der Waals surface area (Å²) in [5, 5.41) is 7.88. The standard InChI is InChI=1S/C21H17Cl2N5O4/c1-11-12(2)24-21(26-20(11)30)28-18(9-15(27-28)17-4-3-7-31-17)25-19(29)10-32-16-6-5-13(22)8-14(16)23/h3-9H,10H2,1-2H3,(H,25,29)(H,24,26,30). The molecule has 0 unspecified atom stereocenters. The molecule has 0 atom stereocenters. The third kappa shape index (κ3) is 4.53. The molecule has 0 spiro atoms. The maximum atomic E-state index is 12.6. The van der Waals surface area contributed by atoms with E-state index >= 15 is 0 Å². The highest BCUT2D eigenvalue weighted by atomic mass is 35.5. The number of anilines is 1. The van der Waals surface area contributed by atoms with E-state index in [4.69, 9.17) is 32.4 Å². The quantitative estimate of drug-likeness (QED) is 0.434. The first kappa shape index (κ1) is 21.7. The van der Waals surface area contributed by atoms with Crippen LogP contribution in [0.1, 0.15) is 11.3 Å². The van der Waals surface area contributed by atoms with Gasteiger partial charge < -0.3 is 14.5 Å². The number of aromatic amines is 1. The number of amides is 1. The highest BCUT2D eigenvalue weighted by Gasteiger charge is 2.18. The van der Waals surface area contributed by atoms with Crippen LogP contribution in [-0.2, 0) is 4.79 Å². The van der Waals surface area contributed by atoms with Crippen LogP contribution in [0.5, 0.6) is 5.75 Å². The van der Waals surface area contributed by atoms with Gasteiger partial charge >= 0.3 is 0 Å². The number of aromatic nitrogens is 4. The zero-order chi connectivity index (χ0) is 22.8. The largest absolute Gasteiger partial charge is 0.482 e. The van der Waals surface area contributed by atoms with Crippen LogP contribution < -0.4 is 15.6 Å². The Hall–Kier alpha value is -3.56. The zero-order valence-electron chi connectivity index (χ0n) is 17.0. The topological polar surface area (TPSA) is 115 Å². The van der Waals surface area contributed by atoms with E-state index in [1.165, 1.54) is 17.0 Å². The number of nitrogens with one attached hydrogen (secondary N) is 2. The minimum absolute atomic E-state index is 0.146. The van der Waals surface area contributed by atoms with E-state index in [-0.39, 0.29) is 29.0 Å². The summed E-state index contributed by atoms with van der Waals surface area (Å²) in [7, 11) is 0. The first-order chi connectivity index (χ1) is 15.3. The van der Waals surface area contributed by atoms with Gasteiger partial charge in [0.25, 0.3) is 11.5 Å². The summed E-state index contributed by atoms with van der Waals surface area (Å²) >= 11 is 11.9. The molecule has 2 N–H and O–H groups in total. The number of carbonyl (C=O) groups is 1. The zero-order valence-corrected chi connectivity index (χ0v) is 18.5. The summed E-state index contributed by atoms with van der Waals surface area (Å²) in [5.41, 5.74) is 1.16. The van der Waals surface area contributed by atoms with Crippen LogP contribution in [0.25, 0.3) is 17.4 Å². The Balaban J connectivity index is 1.62. The van der Waals surface area contributed by atoms with E-state index in [0.29, 0.717) is 33.5 Å². The van der Waals surface area contributed by atoms with Gasteiger partial charge in [-0.15, -0.1) is 0 Å². The van der Waals surface area contributed by atoms with Crippen molar-refractivity contribution in [3.8, 4) is 23.2 Å². The molecule has 4 aromatic rings. The number of ether oxygens (including phenoxy) is 1. The molecule has 4 rings (SSSR count). The molecular formula is C21H17Cl2N5O4. The number of halogens is 2. The van der Waals surface area contributed by atoms with E-state index in [0.717, 1.165) is 0 Å². The fourth-order valence-corrected chi connectivity index (χ4v) is 3.28. The van der Waals surface area contributed by atoms with Crippen LogP contribution in [0.3, 0.4) is 0 Å². The van der Waals surface area contributed by atoms with Crippen LogP contribution in [0.4, 0.5) is 5.82 Å². The van der Waals surface area contributed by atoms with Crippen LogP contribution in [0.15, 0.2) is 51.9 Å². The molecule has 9 nitrogen and oxygen atoms in total. The monoisotopic (exact) mass is 473 g/mol. The fourth-order valence-electron chi connectivity index (χ4n) is 2.82. The number of carbonyl (C=O) groups excluding carboxylic acids is 1. The second kappa shape index (κ2) is 8.89.